The second-order valence-corrected chi connectivity index (χ2v) is 9.07. The Morgan fingerprint density at radius 2 is 1.35 bits per heavy atom. The summed E-state index contributed by atoms with van der Waals surface area (Å²) in [7, 11) is 1.54. The Bertz CT molecular complexity index is 1560. The van der Waals surface area contributed by atoms with Crippen LogP contribution in [0.5, 0.6) is 17.2 Å². The molecule has 0 fully saturated rings. The van der Waals surface area contributed by atoms with Crippen LogP contribution in [0.4, 0.5) is 0 Å². The standard InChI is InChI=1S/C31H23BrN2O6/c1-38-26-17-12-22(13-18-26)30(36)34-33-20-24-7-3-5-9-28(24)39-29(35)19-14-21-6-2-4-8-27(21)40-31(37)23-10-15-25(32)16-11-23/h2-20H,1H3,(H,34,36)/b19-14+,33-20+. The molecule has 0 heterocycles. The van der Waals surface area contributed by atoms with Gasteiger partial charge in [-0.3, -0.25) is 4.79 Å². The molecule has 4 aromatic rings. The molecule has 0 aliphatic carbocycles. The maximum atomic E-state index is 12.6. The minimum absolute atomic E-state index is 0.245. The SMILES string of the molecule is COc1ccc(C(=O)N/N=C/c2ccccc2OC(=O)/C=C/c2ccccc2OC(=O)c2ccc(Br)cc2)cc1. The Morgan fingerprint density at radius 1 is 0.750 bits per heavy atom. The van der Waals surface area contributed by atoms with E-state index in [1.807, 2.05) is 0 Å². The first-order valence-electron chi connectivity index (χ1n) is 12.0. The van der Waals surface area contributed by atoms with E-state index < -0.39 is 17.8 Å². The highest BCUT2D eigenvalue weighted by molar-refractivity contribution is 9.10. The number of benzene rings is 4. The van der Waals surface area contributed by atoms with Crippen molar-refractivity contribution in [1.82, 2.24) is 5.43 Å². The molecule has 1 amide bonds. The summed E-state index contributed by atoms with van der Waals surface area (Å²) in [5.74, 6) is -0.416. The van der Waals surface area contributed by atoms with Crippen molar-refractivity contribution in [1.29, 1.82) is 0 Å². The smallest absolute Gasteiger partial charge is 0.343 e. The summed E-state index contributed by atoms with van der Waals surface area (Å²) in [5, 5.41) is 3.97. The van der Waals surface area contributed by atoms with E-state index in [2.05, 4.69) is 26.5 Å². The topological polar surface area (TPSA) is 103 Å². The molecule has 0 bridgehead atoms. The van der Waals surface area contributed by atoms with Crippen LogP contribution in [0.25, 0.3) is 6.08 Å². The molecule has 0 aliphatic rings. The molecule has 0 radical (unpaired) electrons. The van der Waals surface area contributed by atoms with E-state index >= 15 is 0 Å². The van der Waals surface area contributed by atoms with Crippen LogP contribution in [0.3, 0.4) is 0 Å². The number of nitrogens with zero attached hydrogens (tertiary/aromatic N) is 1. The van der Waals surface area contributed by atoms with Crippen molar-refractivity contribution in [2.45, 2.75) is 0 Å². The fraction of sp³-hybridized carbons (Fsp3) is 0.0323. The fourth-order valence-electron chi connectivity index (χ4n) is 3.40. The summed E-state index contributed by atoms with van der Waals surface area (Å²) in [6.07, 6.45) is 4.11. The van der Waals surface area contributed by atoms with Gasteiger partial charge in [-0.2, -0.15) is 5.10 Å². The van der Waals surface area contributed by atoms with Gasteiger partial charge in [0, 0.05) is 27.2 Å². The first-order chi connectivity index (χ1) is 19.4. The molecule has 8 nitrogen and oxygen atoms in total. The summed E-state index contributed by atoms with van der Waals surface area (Å²) in [4.78, 5) is 37.4. The zero-order chi connectivity index (χ0) is 28.3. The number of para-hydroxylation sites is 2. The average Bonchev–Trinajstić information content (AvgIpc) is 2.98. The Kier molecular flexibility index (Phi) is 9.58. The second-order valence-electron chi connectivity index (χ2n) is 8.15. The minimum Gasteiger partial charge on any atom is -0.497 e. The van der Waals surface area contributed by atoms with E-state index in [0.717, 1.165) is 4.47 Å². The van der Waals surface area contributed by atoms with Crippen molar-refractivity contribution in [3.05, 3.63) is 130 Å². The van der Waals surface area contributed by atoms with Gasteiger partial charge in [-0.15, -0.1) is 0 Å². The van der Waals surface area contributed by atoms with Crippen LogP contribution in [0.15, 0.2) is 113 Å². The van der Waals surface area contributed by atoms with Crippen LogP contribution in [0.1, 0.15) is 31.8 Å². The molecule has 0 aliphatic heterocycles. The van der Waals surface area contributed by atoms with Gasteiger partial charge in [0.2, 0.25) is 0 Å². The maximum absolute atomic E-state index is 12.6. The molecule has 0 aromatic heterocycles. The van der Waals surface area contributed by atoms with E-state index in [1.54, 1.807) is 104 Å². The number of amides is 1. The molecule has 0 saturated heterocycles. The van der Waals surface area contributed by atoms with E-state index in [9.17, 15) is 14.4 Å². The predicted octanol–water partition coefficient (Wildman–Crippen LogP) is 6.06. The number of hydrogen-bond donors (Lipinski definition) is 1. The number of carbonyl (C=O) groups excluding carboxylic acids is 3. The van der Waals surface area contributed by atoms with Crippen LogP contribution in [0, 0.1) is 0 Å². The number of hydrazone groups is 1. The van der Waals surface area contributed by atoms with Gasteiger partial charge < -0.3 is 14.2 Å². The Labute approximate surface area is 239 Å². The van der Waals surface area contributed by atoms with Crippen molar-refractivity contribution < 1.29 is 28.6 Å². The number of halogens is 1. The summed E-state index contributed by atoms with van der Waals surface area (Å²) < 4.78 is 16.9. The number of rotatable bonds is 9. The van der Waals surface area contributed by atoms with Crippen molar-refractivity contribution in [3.8, 4) is 17.2 Å². The van der Waals surface area contributed by atoms with Crippen LogP contribution in [-0.4, -0.2) is 31.2 Å². The lowest BCUT2D eigenvalue weighted by Crippen LogP contribution is -2.17. The summed E-state index contributed by atoms with van der Waals surface area (Å²) >= 11 is 3.33. The third kappa shape index (κ3) is 7.75. The highest BCUT2D eigenvalue weighted by Gasteiger charge is 2.11. The largest absolute Gasteiger partial charge is 0.497 e. The van der Waals surface area contributed by atoms with Crippen molar-refractivity contribution >= 4 is 46.1 Å². The molecule has 200 valence electrons. The Hall–Kier alpha value is -5.02. The summed E-state index contributed by atoms with van der Waals surface area (Å²) in [6, 6.07) is 26.9. The molecule has 40 heavy (non-hydrogen) atoms. The number of carbonyl (C=O) groups is 3. The van der Waals surface area contributed by atoms with Crippen LogP contribution >= 0.6 is 15.9 Å². The fourth-order valence-corrected chi connectivity index (χ4v) is 3.67. The van der Waals surface area contributed by atoms with Gasteiger partial charge in [0.15, 0.2) is 0 Å². The third-order valence-electron chi connectivity index (χ3n) is 5.45. The monoisotopic (exact) mass is 598 g/mol. The van der Waals surface area contributed by atoms with Crippen molar-refractivity contribution in [2.24, 2.45) is 5.10 Å². The quantitative estimate of drug-likeness (QED) is 0.0825. The lowest BCUT2D eigenvalue weighted by Gasteiger charge is -2.08. The Morgan fingerprint density at radius 3 is 2.02 bits per heavy atom. The molecule has 9 heteroatoms. The highest BCUT2D eigenvalue weighted by atomic mass is 79.9. The molecule has 0 atom stereocenters. The number of ether oxygens (including phenoxy) is 3. The van der Waals surface area contributed by atoms with Gasteiger partial charge in [0.05, 0.1) is 18.9 Å². The number of esters is 2. The van der Waals surface area contributed by atoms with Crippen molar-refractivity contribution in [2.75, 3.05) is 7.11 Å². The van der Waals surface area contributed by atoms with E-state index in [1.165, 1.54) is 18.4 Å². The molecule has 0 unspecified atom stereocenters. The van der Waals surface area contributed by atoms with E-state index in [0.29, 0.717) is 33.8 Å². The minimum atomic E-state index is -0.655. The zero-order valence-corrected chi connectivity index (χ0v) is 22.8. The summed E-state index contributed by atoms with van der Waals surface area (Å²) in [6.45, 7) is 0. The van der Waals surface area contributed by atoms with Gasteiger partial charge >= 0.3 is 11.9 Å². The lowest BCUT2D eigenvalue weighted by atomic mass is 10.2. The molecule has 1 N–H and O–H groups in total. The average molecular weight is 599 g/mol. The van der Waals surface area contributed by atoms with Crippen LogP contribution < -0.4 is 19.6 Å². The molecule has 4 aromatic carbocycles. The molecule has 0 saturated carbocycles. The number of hydrogen-bond acceptors (Lipinski definition) is 7. The van der Waals surface area contributed by atoms with E-state index in [4.69, 9.17) is 14.2 Å². The van der Waals surface area contributed by atoms with Gasteiger partial charge in [0.1, 0.15) is 17.2 Å². The van der Waals surface area contributed by atoms with Crippen LogP contribution in [0.2, 0.25) is 0 Å². The van der Waals surface area contributed by atoms with Gasteiger partial charge in [-0.25, -0.2) is 15.0 Å². The number of methoxy groups -OCH3 is 1. The summed E-state index contributed by atoms with van der Waals surface area (Å²) in [5.41, 5.74) is 4.23. The first kappa shape index (κ1) is 28.0. The Balaban J connectivity index is 1.39. The van der Waals surface area contributed by atoms with E-state index in [-0.39, 0.29) is 5.75 Å². The zero-order valence-electron chi connectivity index (χ0n) is 21.2. The molecule has 4 rings (SSSR count). The highest BCUT2D eigenvalue weighted by Crippen LogP contribution is 2.22. The van der Waals surface area contributed by atoms with Gasteiger partial charge in [-0.1, -0.05) is 46.3 Å². The predicted molar refractivity (Wildman–Crippen MR) is 155 cm³/mol. The first-order valence-corrected chi connectivity index (χ1v) is 12.8. The van der Waals surface area contributed by atoms with Gasteiger partial charge in [0.25, 0.3) is 5.91 Å². The maximum Gasteiger partial charge on any atom is 0.343 e. The second kappa shape index (κ2) is 13.7. The van der Waals surface area contributed by atoms with Crippen LogP contribution in [-0.2, 0) is 4.79 Å². The lowest BCUT2D eigenvalue weighted by molar-refractivity contribution is -0.128. The molecular weight excluding hydrogens is 576 g/mol. The van der Waals surface area contributed by atoms with Crippen molar-refractivity contribution in [3.63, 3.8) is 0 Å². The normalized spacial score (nSPS) is 10.8. The number of nitrogens with one attached hydrogen (secondary N) is 1. The molecule has 0 spiro atoms. The molecular formula is C31H23BrN2O6. The third-order valence-corrected chi connectivity index (χ3v) is 5.98. The van der Waals surface area contributed by atoms with Gasteiger partial charge in [-0.05, 0) is 72.8 Å².